The van der Waals surface area contributed by atoms with Gasteiger partial charge in [0.1, 0.15) is 5.52 Å². The van der Waals surface area contributed by atoms with Crippen molar-refractivity contribution in [1.82, 2.24) is 14.7 Å². The van der Waals surface area contributed by atoms with E-state index in [1.807, 2.05) is 42.5 Å². The van der Waals surface area contributed by atoms with Gasteiger partial charge in [-0.25, -0.2) is 18.1 Å². The summed E-state index contributed by atoms with van der Waals surface area (Å²) in [6.45, 7) is 0.239. The SMILES string of the molecule is O=S(=O)(NCc1ccccc1)c1ccc(-c2ccc3nccc(Cl)c3n2)cc1. The summed E-state index contributed by atoms with van der Waals surface area (Å²) in [6.07, 6.45) is 1.63. The van der Waals surface area contributed by atoms with Crippen molar-refractivity contribution in [3.05, 3.63) is 89.6 Å². The van der Waals surface area contributed by atoms with Gasteiger partial charge in [-0.3, -0.25) is 4.98 Å². The van der Waals surface area contributed by atoms with Crippen molar-refractivity contribution < 1.29 is 8.42 Å². The van der Waals surface area contributed by atoms with Gasteiger partial charge in [-0.15, -0.1) is 0 Å². The van der Waals surface area contributed by atoms with E-state index in [0.717, 1.165) is 11.1 Å². The van der Waals surface area contributed by atoms with Crippen LogP contribution < -0.4 is 4.72 Å². The first-order chi connectivity index (χ1) is 13.5. The summed E-state index contributed by atoms with van der Waals surface area (Å²) in [5, 5.41) is 0.524. The molecule has 5 nitrogen and oxygen atoms in total. The van der Waals surface area contributed by atoms with Crippen LogP contribution in [0.3, 0.4) is 0 Å². The maximum atomic E-state index is 12.5. The Kier molecular flexibility index (Phi) is 5.09. The van der Waals surface area contributed by atoms with Gasteiger partial charge in [-0.2, -0.15) is 0 Å². The van der Waals surface area contributed by atoms with Crippen molar-refractivity contribution in [3.63, 3.8) is 0 Å². The Labute approximate surface area is 168 Å². The first-order valence-corrected chi connectivity index (χ1v) is 10.4. The molecule has 0 unspecified atom stereocenters. The maximum absolute atomic E-state index is 12.5. The van der Waals surface area contributed by atoms with Gasteiger partial charge in [0.25, 0.3) is 0 Å². The van der Waals surface area contributed by atoms with Gasteiger partial charge in [0, 0.05) is 18.3 Å². The highest BCUT2D eigenvalue weighted by atomic mass is 35.5. The molecule has 0 amide bonds. The number of hydrogen-bond donors (Lipinski definition) is 1. The van der Waals surface area contributed by atoms with E-state index in [0.29, 0.717) is 21.7 Å². The second-order valence-electron chi connectivity index (χ2n) is 6.19. The first kappa shape index (κ1) is 18.6. The molecule has 0 radical (unpaired) electrons. The minimum atomic E-state index is -3.60. The van der Waals surface area contributed by atoms with Crippen LogP contribution in [-0.2, 0) is 16.6 Å². The van der Waals surface area contributed by atoms with Crippen LogP contribution in [0, 0.1) is 0 Å². The number of nitrogens with one attached hydrogen (secondary N) is 1. The number of rotatable bonds is 5. The van der Waals surface area contributed by atoms with Crippen LogP contribution in [0.5, 0.6) is 0 Å². The molecule has 7 heteroatoms. The summed E-state index contributed by atoms with van der Waals surface area (Å²) >= 11 is 6.20. The van der Waals surface area contributed by atoms with E-state index in [2.05, 4.69) is 14.7 Å². The molecule has 0 saturated heterocycles. The number of sulfonamides is 1. The number of nitrogens with zero attached hydrogens (tertiary/aromatic N) is 2. The molecular formula is C21H16ClN3O2S. The van der Waals surface area contributed by atoms with E-state index in [9.17, 15) is 8.42 Å². The molecule has 0 aliphatic heterocycles. The van der Waals surface area contributed by atoms with Crippen molar-refractivity contribution in [2.75, 3.05) is 0 Å². The number of pyridine rings is 2. The minimum Gasteiger partial charge on any atom is -0.255 e. The lowest BCUT2D eigenvalue weighted by Gasteiger charge is -2.08. The van der Waals surface area contributed by atoms with Crippen LogP contribution in [0.15, 0.2) is 83.9 Å². The van der Waals surface area contributed by atoms with Gasteiger partial charge in [-0.05, 0) is 35.9 Å². The lowest BCUT2D eigenvalue weighted by molar-refractivity contribution is 0.581. The molecule has 0 aliphatic carbocycles. The first-order valence-electron chi connectivity index (χ1n) is 8.58. The van der Waals surface area contributed by atoms with Crippen molar-refractivity contribution in [2.45, 2.75) is 11.4 Å². The third kappa shape index (κ3) is 3.89. The third-order valence-electron chi connectivity index (χ3n) is 4.30. The van der Waals surface area contributed by atoms with E-state index in [4.69, 9.17) is 11.6 Å². The summed E-state index contributed by atoms with van der Waals surface area (Å²) in [5.74, 6) is 0. The van der Waals surface area contributed by atoms with Gasteiger partial charge in [-0.1, -0.05) is 54.1 Å². The Balaban J connectivity index is 1.57. The van der Waals surface area contributed by atoms with E-state index in [1.54, 1.807) is 36.5 Å². The van der Waals surface area contributed by atoms with E-state index >= 15 is 0 Å². The highest BCUT2D eigenvalue weighted by Crippen LogP contribution is 2.25. The molecule has 4 rings (SSSR count). The lowest BCUT2D eigenvalue weighted by atomic mass is 10.1. The normalized spacial score (nSPS) is 11.6. The van der Waals surface area contributed by atoms with Crippen LogP contribution >= 0.6 is 11.6 Å². The van der Waals surface area contributed by atoms with Crippen LogP contribution in [-0.4, -0.2) is 18.4 Å². The molecule has 2 heterocycles. The highest BCUT2D eigenvalue weighted by molar-refractivity contribution is 7.89. The van der Waals surface area contributed by atoms with E-state index in [1.165, 1.54) is 0 Å². The second kappa shape index (κ2) is 7.67. The van der Waals surface area contributed by atoms with Crippen LogP contribution in [0.25, 0.3) is 22.3 Å². The topological polar surface area (TPSA) is 72.0 Å². The zero-order valence-corrected chi connectivity index (χ0v) is 16.3. The summed E-state index contributed by atoms with van der Waals surface area (Å²) in [6, 6.07) is 21.3. The molecule has 140 valence electrons. The number of aromatic nitrogens is 2. The average molecular weight is 410 g/mol. The van der Waals surface area contributed by atoms with Crippen LogP contribution in [0.4, 0.5) is 0 Å². The number of hydrogen-bond acceptors (Lipinski definition) is 4. The molecule has 0 bridgehead atoms. The molecule has 1 N–H and O–H groups in total. The van der Waals surface area contributed by atoms with Crippen LogP contribution in [0.2, 0.25) is 5.02 Å². The minimum absolute atomic E-state index is 0.202. The Morgan fingerprint density at radius 2 is 1.64 bits per heavy atom. The molecule has 0 atom stereocenters. The molecular weight excluding hydrogens is 394 g/mol. The Hall–Kier alpha value is -2.80. The Morgan fingerprint density at radius 3 is 2.39 bits per heavy atom. The van der Waals surface area contributed by atoms with Gasteiger partial charge in [0.05, 0.1) is 21.1 Å². The fourth-order valence-corrected chi connectivity index (χ4v) is 4.03. The molecule has 0 fully saturated rings. The van der Waals surface area contributed by atoms with Crippen molar-refractivity contribution >= 4 is 32.7 Å². The molecule has 0 aliphatic rings. The molecule has 0 spiro atoms. The van der Waals surface area contributed by atoms with Gasteiger partial charge >= 0.3 is 0 Å². The predicted octanol–water partition coefficient (Wildman–Crippen LogP) is 4.43. The average Bonchev–Trinajstić information content (AvgIpc) is 2.73. The standard InChI is InChI=1S/C21H16ClN3O2S/c22-18-12-13-23-20-11-10-19(25-21(18)20)16-6-8-17(9-7-16)28(26,27)24-14-15-4-2-1-3-5-15/h1-13,24H,14H2. The molecule has 0 saturated carbocycles. The highest BCUT2D eigenvalue weighted by Gasteiger charge is 2.14. The smallest absolute Gasteiger partial charge is 0.240 e. The maximum Gasteiger partial charge on any atom is 0.240 e. The van der Waals surface area contributed by atoms with Gasteiger partial charge in [0.15, 0.2) is 0 Å². The van der Waals surface area contributed by atoms with E-state index < -0.39 is 10.0 Å². The number of halogens is 1. The fourth-order valence-electron chi connectivity index (χ4n) is 2.82. The molecule has 2 aromatic carbocycles. The van der Waals surface area contributed by atoms with Crippen molar-refractivity contribution in [1.29, 1.82) is 0 Å². The van der Waals surface area contributed by atoms with Gasteiger partial charge < -0.3 is 0 Å². The summed E-state index contributed by atoms with van der Waals surface area (Å²) in [7, 11) is -3.60. The summed E-state index contributed by atoms with van der Waals surface area (Å²) < 4.78 is 27.7. The van der Waals surface area contributed by atoms with E-state index in [-0.39, 0.29) is 11.4 Å². The monoisotopic (exact) mass is 409 g/mol. The predicted molar refractivity (Wildman–Crippen MR) is 110 cm³/mol. The third-order valence-corrected chi connectivity index (χ3v) is 6.03. The Morgan fingerprint density at radius 1 is 0.893 bits per heavy atom. The number of benzene rings is 2. The second-order valence-corrected chi connectivity index (χ2v) is 8.37. The zero-order valence-electron chi connectivity index (χ0n) is 14.7. The molecule has 2 aromatic heterocycles. The van der Waals surface area contributed by atoms with Crippen molar-refractivity contribution in [2.24, 2.45) is 0 Å². The quantitative estimate of drug-likeness (QED) is 0.529. The van der Waals surface area contributed by atoms with Gasteiger partial charge in [0.2, 0.25) is 10.0 Å². The molecule has 28 heavy (non-hydrogen) atoms. The molecule has 4 aromatic rings. The fraction of sp³-hybridized carbons (Fsp3) is 0.0476. The zero-order chi connectivity index (χ0) is 19.6. The summed E-state index contributed by atoms with van der Waals surface area (Å²) in [4.78, 5) is 8.99. The van der Waals surface area contributed by atoms with Crippen molar-refractivity contribution in [3.8, 4) is 11.3 Å². The largest absolute Gasteiger partial charge is 0.255 e. The summed E-state index contributed by atoms with van der Waals surface area (Å²) in [5.41, 5.74) is 3.71. The lowest BCUT2D eigenvalue weighted by Crippen LogP contribution is -2.23. The Bertz CT molecular complexity index is 1230. The number of fused-ring (bicyclic) bond motifs is 1. The van der Waals surface area contributed by atoms with Crippen LogP contribution in [0.1, 0.15) is 5.56 Å².